The number of rotatable bonds is 2. The first-order chi connectivity index (χ1) is 8.41. The number of nitrogen functional groups attached to an aromatic ring is 1. The molecule has 1 aliphatic rings. The molecule has 1 aromatic rings. The Morgan fingerprint density at radius 1 is 1.33 bits per heavy atom. The second-order valence-electron chi connectivity index (χ2n) is 5.08. The molecule has 0 atom stereocenters. The van der Waals surface area contributed by atoms with Gasteiger partial charge in [-0.2, -0.15) is 0 Å². The molecule has 2 rings (SSSR count). The molecule has 0 spiro atoms. The van der Waals surface area contributed by atoms with Crippen molar-refractivity contribution >= 4 is 34.8 Å². The largest absolute Gasteiger partial charge is 0.397 e. The van der Waals surface area contributed by atoms with Crippen LogP contribution >= 0.6 is 23.2 Å². The summed E-state index contributed by atoms with van der Waals surface area (Å²) in [6.45, 7) is 2.07. The summed E-state index contributed by atoms with van der Waals surface area (Å²) < 4.78 is 0. The lowest BCUT2D eigenvalue weighted by atomic mass is 10.00. The van der Waals surface area contributed by atoms with Crippen LogP contribution in [0.4, 0.5) is 5.69 Å². The summed E-state index contributed by atoms with van der Waals surface area (Å²) in [7, 11) is 0. The maximum atomic E-state index is 12.2. The van der Waals surface area contributed by atoms with Crippen LogP contribution in [0.2, 0.25) is 10.0 Å². The molecule has 1 saturated carbocycles. The van der Waals surface area contributed by atoms with Crippen molar-refractivity contribution in [3.8, 4) is 0 Å². The lowest BCUT2D eigenvalue weighted by Crippen LogP contribution is -2.43. The zero-order valence-electron chi connectivity index (χ0n) is 10.2. The van der Waals surface area contributed by atoms with Gasteiger partial charge in [0, 0.05) is 11.1 Å². The van der Waals surface area contributed by atoms with Crippen LogP contribution in [0.1, 0.15) is 43.0 Å². The van der Waals surface area contributed by atoms with E-state index in [4.69, 9.17) is 28.9 Å². The third-order valence-corrected chi connectivity index (χ3v) is 4.26. The first kappa shape index (κ1) is 13.5. The Hall–Kier alpha value is -0.930. The van der Waals surface area contributed by atoms with E-state index in [2.05, 4.69) is 12.2 Å². The number of hydrogen-bond acceptors (Lipinski definition) is 2. The molecular weight excluding hydrogens is 271 g/mol. The van der Waals surface area contributed by atoms with E-state index < -0.39 is 0 Å². The number of halogens is 2. The van der Waals surface area contributed by atoms with E-state index in [1.165, 1.54) is 0 Å². The van der Waals surface area contributed by atoms with Crippen molar-refractivity contribution in [3.63, 3.8) is 0 Å². The monoisotopic (exact) mass is 286 g/mol. The highest BCUT2D eigenvalue weighted by atomic mass is 35.5. The summed E-state index contributed by atoms with van der Waals surface area (Å²) in [6.07, 6.45) is 4.33. The molecule has 0 heterocycles. The number of amides is 1. The molecule has 1 aromatic carbocycles. The van der Waals surface area contributed by atoms with E-state index in [0.717, 1.165) is 25.7 Å². The van der Waals surface area contributed by atoms with Crippen LogP contribution < -0.4 is 11.1 Å². The fourth-order valence-corrected chi connectivity index (χ4v) is 2.70. The highest BCUT2D eigenvalue weighted by molar-refractivity contribution is 6.43. The molecule has 1 aliphatic carbocycles. The predicted molar refractivity (Wildman–Crippen MR) is 75.2 cm³/mol. The van der Waals surface area contributed by atoms with Crippen LogP contribution in [0.5, 0.6) is 0 Å². The topological polar surface area (TPSA) is 55.1 Å². The van der Waals surface area contributed by atoms with Crippen molar-refractivity contribution < 1.29 is 4.79 Å². The third kappa shape index (κ3) is 2.73. The van der Waals surface area contributed by atoms with Gasteiger partial charge in [-0.3, -0.25) is 4.79 Å². The Morgan fingerprint density at radius 2 is 1.94 bits per heavy atom. The minimum absolute atomic E-state index is 0.113. The second kappa shape index (κ2) is 4.98. The number of nitrogens with one attached hydrogen (secondary N) is 1. The Labute approximate surface area is 117 Å². The number of anilines is 1. The van der Waals surface area contributed by atoms with Crippen LogP contribution in [0.25, 0.3) is 0 Å². The van der Waals surface area contributed by atoms with E-state index in [-0.39, 0.29) is 11.4 Å². The van der Waals surface area contributed by atoms with Crippen LogP contribution in [0, 0.1) is 0 Å². The molecule has 0 aliphatic heterocycles. The van der Waals surface area contributed by atoms with Crippen LogP contribution in [0.15, 0.2) is 12.1 Å². The minimum atomic E-state index is -0.148. The maximum Gasteiger partial charge on any atom is 0.251 e. The van der Waals surface area contributed by atoms with Crippen molar-refractivity contribution in [2.24, 2.45) is 0 Å². The molecule has 0 aromatic heterocycles. The predicted octanol–water partition coefficient (Wildman–Crippen LogP) is 3.64. The Bertz CT molecular complexity index is 459. The molecule has 0 bridgehead atoms. The van der Waals surface area contributed by atoms with Gasteiger partial charge in [0.05, 0.1) is 15.7 Å². The van der Waals surface area contributed by atoms with Crippen LogP contribution in [-0.4, -0.2) is 11.4 Å². The zero-order chi connectivity index (χ0) is 13.3. The van der Waals surface area contributed by atoms with E-state index >= 15 is 0 Å². The molecule has 5 heteroatoms. The van der Waals surface area contributed by atoms with Gasteiger partial charge in [-0.25, -0.2) is 0 Å². The summed E-state index contributed by atoms with van der Waals surface area (Å²) >= 11 is 11.8. The molecule has 1 amide bonds. The minimum Gasteiger partial charge on any atom is -0.397 e. The van der Waals surface area contributed by atoms with E-state index in [9.17, 15) is 4.79 Å². The fourth-order valence-electron chi connectivity index (χ4n) is 2.37. The summed E-state index contributed by atoms with van der Waals surface area (Å²) in [5, 5.41) is 3.65. The summed E-state index contributed by atoms with van der Waals surface area (Å²) in [5.74, 6) is -0.148. The summed E-state index contributed by atoms with van der Waals surface area (Å²) in [6, 6.07) is 3.11. The lowest BCUT2D eigenvalue weighted by molar-refractivity contribution is 0.0908. The molecule has 3 nitrogen and oxygen atoms in total. The van der Waals surface area contributed by atoms with E-state index in [0.29, 0.717) is 21.3 Å². The molecule has 18 heavy (non-hydrogen) atoms. The van der Waals surface area contributed by atoms with Gasteiger partial charge in [0.25, 0.3) is 5.91 Å². The van der Waals surface area contributed by atoms with Crippen molar-refractivity contribution in [1.82, 2.24) is 5.32 Å². The van der Waals surface area contributed by atoms with Gasteiger partial charge in [0.15, 0.2) is 0 Å². The van der Waals surface area contributed by atoms with Crippen molar-refractivity contribution in [1.29, 1.82) is 0 Å². The van der Waals surface area contributed by atoms with Gasteiger partial charge < -0.3 is 11.1 Å². The normalized spacial score (nSPS) is 17.7. The van der Waals surface area contributed by atoms with Crippen molar-refractivity contribution in [3.05, 3.63) is 27.7 Å². The number of hydrogen-bond donors (Lipinski definition) is 2. The third-order valence-electron chi connectivity index (χ3n) is 3.44. The molecule has 1 fully saturated rings. The number of carbonyl (C=O) groups is 1. The lowest BCUT2D eigenvalue weighted by Gasteiger charge is -2.25. The number of carbonyl (C=O) groups excluding carboxylic acids is 1. The van der Waals surface area contributed by atoms with Gasteiger partial charge in [-0.15, -0.1) is 0 Å². The zero-order valence-corrected chi connectivity index (χ0v) is 11.7. The molecule has 3 N–H and O–H groups in total. The SMILES string of the molecule is CC1(NC(=O)c2cc(N)c(Cl)c(Cl)c2)CCCC1. The molecule has 98 valence electrons. The van der Waals surface area contributed by atoms with E-state index in [1.54, 1.807) is 12.1 Å². The first-order valence-corrected chi connectivity index (χ1v) is 6.74. The van der Waals surface area contributed by atoms with Crippen LogP contribution in [-0.2, 0) is 0 Å². The second-order valence-corrected chi connectivity index (χ2v) is 5.87. The number of nitrogens with two attached hydrogens (primary N) is 1. The van der Waals surface area contributed by atoms with Crippen LogP contribution in [0.3, 0.4) is 0 Å². The van der Waals surface area contributed by atoms with Gasteiger partial charge >= 0.3 is 0 Å². The summed E-state index contributed by atoms with van der Waals surface area (Å²) in [5.41, 5.74) is 6.37. The fraction of sp³-hybridized carbons (Fsp3) is 0.462. The maximum absolute atomic E-state index is 12.2. The average Bonchev–Trinajstić information content (AvgIpc) is 2.71. The van der Waals surface area contributed by atoms with Gasteiger partial charge in [-0.05, 0) is 31.9 Å². The van der Waals surface area contributed by atoms with Gasteiger partial charge in [0.2, 0.25) is 0 Å². The Balaban J connectivity index is 2.19. The smallest absolute Gasteiger partial charge is 0.251 e. The van der Waals surface area contributed by atoms with Gasteiger partial charge in [-0.1, -0.05) is 36.0 Å². The molecule has 0 unspecified atom stereocenters. The Kier molecular flexibility index (Phi) is 3.74. The standard InChI is InChI=1S/C13H16Cl2N2O/c1-13(4-2-3-5-13)17-12(18)8-6-9(14)11(15)10(16)7-8/h6-7H,2-5,16H2,1H3,(H,17,18). The molecular formula is C13H16Cl2N2O. The van der Waals surface area contributed by atoms with Crippen molar-refractivity contribution in [2.45, 2.75) is 38.1 Å². The van der Waals surface area contributed by atoms with Crippen molar-refractivity contribution in [2.75, 3.05) is 5.73 Å². The highest BCUT2D eigenvalue weighted by Gasteiger charge is 2.30. The van der Waals surface area contributed by atoms with E-state index in [1.807, 2.05) is 0 Å². The Morgan fingerprint density at radius 3 is 2.50 bits per heavy atom. The molecule has 0 radical (unpaired) electrons. The number of benzene rings is 1. The first-order valence-electron chi connectivity index (χ1n) is 5.98. The summed E-state index contributed by atoms with van der Waals surface area (Å²) in [4.78, 5) is 12.2. The highest BCUT2D eigenvalue weighted by Crippen LogP contribution is 2.31. The quantitative estimate of drug-likeness (QED) is 0.816. The van der Waals surface area contributed by atoms with Gasteiger partial charge in [0.1, 0.15) is 0 Å². The molecule has 0 saturated heterocycles. The average molecular weight is 287 g/mol.